The van der Waals surface area contributed by atoms with Crippen LogP contribution in [0.5, 0.6) is 0 Å². The molecule has 3 fully saturated rings. The molecule has 0 unspecified atom stereocenters. The third-order valence-electron chi connectivity index (χ3n) is 3.72. The minimum absolute atomic E-state index is 0.150. The Bertz CT molecular complexity index is 618. The number of hydrogen-bond donors (Lipinski definition) is 0. The Hall–Kier alpha value is -0.920. The normalized spacial score (nSPS) is 26.6. The van der Waals surface area contributed by atoms with Crippen molar-refractivity contribution in [3.05, 3.63) is 11.2 Å². The van der Waals surface area contributed by atoms with Crippen LogP contribution in [0, 0.1) is 0 Å². The summed E-state index contributed by atoms with van der Waals surface area (Å²) in [4.78, 5) is 10.1. The molecule has 4 rings (SSSR count). The quantitative estimate of drug-likeness (QED) is 0.604. The second kappa shape index (κ2) is 5.13. The Labute approximate surface area is 123 Å². The summed E-state index contributed by atoms with van der Waals surface area (Å²) in [6.07, 6.45) is 4.44. The van der Waals surface area contributed by atoms with Crippen molar-refractivity contribution in [2.45, 2.75) is 36.6 Å². The lowest BCUT2D eigenvalue weighted by Crippen LogP contribution is -2.48. The molecule has 3 aliphatic rings. The maximum absolute atomic E-state index is 11.6. The maximum atomic E-state index is 11.6. The molecule has 4 heterocycles. The summed E-state index contributed by atoms with van der Waals surface area (Å²) in [6, 6.07) is 1.85. The molecule has 0 spiro atoms. The summed E-state index contributed by atoms with van der Waals surface area (Å²) in [7, 11) is -3.47. The number of sulfone groups is 1. The van der Waals surface area contributed by atoms with E-state index in [1.165, 1.54) is 0 Å². The van der Waals surface area contributed by atoms with Crippen molar-refractivity contribution in [1.82, 2.24) is 9.97 Å². The van der Waals surface area contributed by atoms with Crippen molar-refractivity contribution in [2.24, 2.45) is 0 Å². The van der Waals surface area contributed by atoms with E-state index in [-0.39, 0.29) is 22.5 Å². The SMILES string of the molecule is CS(=O)(=O)c1nc(Cl)cc(N2C[C@@H]3CCC[C@H]2CO3)n1. The molecule has 8 heteroatoms. The van der Waals surface area contributed by atoms with Gasteiger partial charge in [-0.25, -0.2) is 18.4 Å². The molecular formula is C12H16ClN3O3S. The zero-order valence-electron chi connectivity index (χ0n) is 11.1. The molecule has 3 aliphatic heterocycles. The number of fused-ring (bicyclic) bond motifs is 4. The molecule has 3 saturated heterocycles. The van der Waals surface area contributed by atoms with E-state index in [0.717, 1.165) is 32.1 Å². The third-order valence-corrected chi connectivity index (χ3v) is 4.76. The molecule has 1 aromatic heterocycles. The van der Waals surface area contributed by atoms with Gasteiger partial charge in [-0.05, 0) is 19.3 Å². The van der Waals surface area contributed by atoms with Gasteiger partial charge in [0.15, 0.2) is 0 Å². The fourth-order valence-corrected chi connectivity index (χ4v) is 3.48. The van der Waals surface area contributed by atoms with Gasteiger partial charge in [0.05, 0.1) is 18.8 Å². The Morgan fingerprint density at radius 3 is 2.95 bits per heavy atom. The van der Waals surface area contributed by atoms with Crippen LogP contribution in [0.1, 0.15) is 19.3 Å². The number of aromatic nitrogens is 2. The van der Waals surface area contributed by atoms with Crippen molar-refractivity contribution in [3.63, 3.8) is 0 Å². The summed E-state index contributed by atoms with van der Waals surface area (Å²) in [5.74, 6) is 0.575. The summed E-state index contributed by atoms with van der Waals surface area (Å²) >= 11 is 5.94. The first-order valence-electron chi connectivity index (χ1n) is 6.56. The monoisotopic (exact) mass is 317 g/mol. The maximum Gasteiger partial charge on any atom is 0.250 e. The summed E-state index contributed by atoms with van der Waals surface area (Å²) in [5, 5.41) is -0.0718. The van der Waals surface area contributed by atoms with E-state index in [1.54, 1.807) is 6.07 Å². The number of halogens is 1. The molecule has 0 N–H and O–H groups in total. The standard InChI is InChI=1S/C12H16ClN3O3S/c1-20(17,18)12-14-10(13)5-11(15-12)16-6-9-4-2-3-8(16)7-19-9/h5,8-9H,2-4,6-7H2,1H3/t8-,9-/m0/s1. The highest BCUT2D eigenvalue weighted by Crippen LogP contribution is 2.30. The summed E-state index contributed by atoms with van der Waals surface area (Å²) in [5.41, 5.74) is 0. The van der Waals surface area contributed by atoms with Gasteiger partial charge in [-0.2, -0.15) is 0 Å². The molecule has 0 saturated carbocycles. The highest BCUT2D eigenvalue weighted by atomic mass is 35.5. The van der Waals surface area contributed by atoms with Gasteiger partial charge in [0.1, 0.15) is 11.0 Å². The van der Waals surface area contributed by atoms with Crippen LogP contribution >= 0.6 is 11.6 Å². The van der Waals surface area contributed by atoms with Crippen LogP contribution in [0.15, 0.2) is 11.2 Å². The van der Waals surface area contributed by atoms with Gasteiger partial charge in [0, 0.05) is 18.9 Å². The zero-order chi connectivity index (χ0) is 14.3. The van der Waals surface area contributed by atoms with Gasteiger partial charge in [0.2, 0.25) is 15.0 Å². The number of anilines is 1. The second-order valence-corrected chi connectivity index (χ2v) is 7.59. The van der Waals surface area contributed by atoms with Gasteiger partial charge in [-0.3, -0.25) is 0 Å². The number of hydrogen-bond acceptors (Lipinski definition) is 6. The highest BCUT2D eigenvalue weighted by molar-refractivity contribution is 7.90. The molecule has 0 aromatic carbocycles. The second-order valence-electron chi connectivity index (χ2n) is 5.30. The van der Waals surface area contributed by atoms with Crippen LogP contribution in [0.3, 0.4) is 0 Å². The van der Waals surface area contributed by atoms with Crippen molar-refractivity contribution in [1.29, 1.82) is 0 Å². The first-order chi connectivity index (χ1) is 9.43. The van der Waals surface area contributed by atoms with Crippen LogP contribution in [0.4, 0.5) is 5.82 Å². The smallest absolute Gasteiger partial charge is 0.250 e. The van der Waals surface area contributed by atoms with E-state index < -0.39 is 9.84 Å². The third kappa shape index (κ3) is 2.75. The molecular weight excluding hydrogens is 302 g/mol. The molecule has 6 nitrogen and oxygen atoms in total. The first-order valence-corrected chi connectivity index (χ1v) is 8.83. The summed E-state index contributed by atoms with van der Waals surface area (Å²) in [6.45, 7) is 1.38. The van der Waals surface area contributed by atoms with Crippen molar-refractivity contribution < 1.29 is 13.2 Å². The number of nitrogens with zero attached hydrogens (tertiary/aromatic N) is 3. The fraction of sp³-hybridized carbons (Fsp3) is 0.667. The van der Waals surface area contributed by atoms with Gasteiger partial charge in [-0.15, -0.1) is 0 Å². The van der Waals surface area contributed by atoms with E-state index in [4.69, 9.17) is 16.3 Å². The average molecular weight is 318 g/mol. The van der Waals surface area contributed by atoms with E-state index in [0.29, 0.717) is 12.4 Å². The predicted octanol–water partition coefficient (Wildman–Crippen LogP) is 1.29. The Balaban J connectivity index is 2.00. The predicted molar refractivity (Wildman–Crippen MR) is 74.9 cm³/mol. The van der Waals surface area contributed by atoms with E-state index in [1.807, 2.05) is 0 Å². The number of ether oxygens (including phenoxy) is 1. The van der Waals surface area contributed by atoms with Gasteiger partial charge < -0.3 is 9.64 Å². The van der Waals surface area contributed by atoms with Gasteiger partial charge in [0.25, 0.3) is 0 Å². The minimum Gasteiger partial charge on any atom is -0.374 e. The number of morpholine rings is 1. The lowest BCUT2D eigenvalue weighted by molar-refractivity contribution is 0.0304. The first kappa shape index (κ1) is 14.0. The largest absolute Gasteiger partial charge is 0.374 e. The van der Waals surface area contributed by atoms with E-state index in [9.17, 15) is 8.42 Å². The topological polar surface area (TPSA) is 72.4 Å². The Morgan fingerprint density at radius 2 is 2.20 bits per heavy atom. The van der Waals surface area contributed by atoms with Gasteiger partial charge >= 0.3 is 0 Å². The molecule has 1 aromatic rings. The Morgan fingerprint density at radius 1 is 1.40 bits per heavy atom. The van der Waals surface area contributed by atoms with Gasteiger partial charge in [-0.1, -0.05) is 11.6 Å². The summed E-state index contributed by atoms with van der Waals surface area (Å²) < 4.78 is 29.0. The molecule has 2 atom stereocenters. The Kier molecular flexibility index (Phi) is 3.60. The molecule has 20 heavy (non-hydrogen) atoms. The van der Waals surface area contributed by atoms with Crippen LogP contribution in [0.25, 0.3) is 0 Å². The van der Waals surface area contributed by atoms with Crippen LogP contribution < -0.4 is 4.90 Å². The molecule has 2 bridgehead atoms. The minimum atomic E-state index is -3.47. The molecule has 110 valence electrons. The highest BCUT2D eigenvalue weighted by Gasteiger charge is 2.33. The average Bonchev–Trinajstić information content (AvgIpc) is 2.72. The molecule has 0 radical (unpaired) electrons. The van der Waals surface area contributed by atoms with Crippen LogP contribution in [-0.2, 0) is 14.6 Å². The van der Waals surface area contributed by atoms with Crippen molar-refractivity contribution in [3.8, 4) is 0 Å². The van der Waals surface area contributed by atoms with E-state index in [2.05, 4.69) is 14.9 Å². The van der Waals surface area contributed by atoms with Crippen LogP contribution in [0.2, 0.25) is 5.15 Å². The lowest BCUT2D eigenvalue weighted by Gasteiger charge is -2.37. The van der Waals surface area contributed by atoms with Crippen LogP contribution in [-0.4, -0.2) is 49.9 Å². The molecule has 0 aliphatic carbocycles. The van der Waals surface area contributed by atoms with Crippen molar-refractivity contribution >= 4 is 27.3 Å². The van der Waals surface area contributed by atoms with Crippen molar-refractivity contribution in [2.75, 3.05) is 24.3 Å². The number of rotatable bonds is 2. The fourth-order valence-electron chi connectivity index (χ4n) is 2.73. The molecule has 0 amide bonds. The van der Waals surface area contributed by atoms with E-state index >= 15 is 0 Å². The zero-order valence-corrected chi connectivity index (χ0v) is 12.7. The lowest BCUT2D eigenvalue weighted by atomic mass is 10.1.